The molecule has 0 spiro atoms. The maximum atomic E-state index is 11.4. The molecule has 0 bridgehead atoms. The topological polar surface area (TPSA) is 76.4 Å². The molecule has 0 unspecified atom stereocenters. The van der Waals surface area contributed by atoms with Gasteiger partial charge in [-0.25, -0.2) is 0 Å². The SMILES string of the molecule is CC(C)N(CCO)CC(=O)NCCC#N. The van der Waals surface area contributed by atoms with Gasteiger partial charge < -0.3 is 10.4 Å². The second-order valence-corrected chi connectivity index (χ2v) is 3.55. The Morgan fingerprint density at radius 3 is 2.73 bits per heavy atom. The van der Waals surface area contributed by atoms with E-state index in [1.54, 1.807) is 0 Å². The van der Waals surface area contributed by atoms with Crippen molar-refractivity contribution in [1.82, 2.24) is 10.2 Å². The summed E-state index contributed by atoms with van der Waals surface area (Å²) in [4.78, 5) is 13.2. The van der Waals surface area contributed by atoms with Crippen LogP contribution in [0.4, 0.5) is 0 Å². The van der Waals surface area contributed by atoms with E-state index in [1.807, 2.05) is 24.8 Å². The van der Waals surface area contributed by atoms with Crippen LogP contribution in [-0.2, 0) is 4.79 Å². The molecule has 0 saturated heterocycles. The summed E-state index contributed by atoms with van der Waals surface area (Å²) in [6, 6.07) is 2.18. The van der Waals surface area contributed by atoms with Gasteiger partial charge in [0.05, 0.1) is 25.6 Å². The summed E-state index contributed by atoms with van der Waals surface area (Å²) < 4.78 is 0. The number of aliphatic hydroxyl groups excluding tert-OH is 1. The van der Waals surface area contributed by atoms with Gasteiger partial charge in [0.1, 0.15) is 0 Å². The molecule has 15 heavy (non-hydrogen) atoms. The maximum absolute atomic E-state index is 11.4. The van der Waals surface area contributed by atoms with Gasteiger partial charge in [0, 0.05) is 19.1 Å². The monoisotopic (exact) mass is 213 g/mol. The molecule has 0 aromatic carbocycles. The van der Waals surface area contributed by atoms with Crippen molar-refractivity contribution in [2.75, 3.05) is 26.2 Å². The van der Waals surface area contributed by atoms with E-state index in [2.05, 4.69) is 5.32 Å². The molecule has 0 radical (unpaired) electrons. The highest BCUT2D eigenvalue weighted by Gasteiger charge is 2.12. The van der Waals surface area contributed by atoms with E-state index in [9.17, 15) is 4.79 Å². The predicted molar refractivity (Wildman–Crippen MR) is 57.0 cm³/mol. The molecule has 2 N–H and O–H groups in total. The van der Waals surface area contributed by atoms with E-state index in [0.29, 0.717) is 19.5 Å². The Morgan fingerprint density at radius 2 is 2.27 bits per heavy atom. The van der Waals surface area contributed by atoms with Crippen LogP contribution >= 0.6 is 0 Å². The van der Waals surface area contributed by atoms with Crippen molar-refractivity contribution in [2.24, 2.45) is 0 Å². The molecule has 0 aliphatic heterocycles. The number of hydrogen-bond donors (Lipinski definition) is 2. The van der Waals surface area contributed by atoms with E-state index in [1.165, 1.54) is 0 Å². The van der Waals surface area contributed by atoms with Crippen LogP contribution < -0.4 is 5.32 Å². The van der Waals surface area contributed by atoms with Crippen molar-refractivity contribution in [3.63, 3.8) is 0 Å². The fraction of sp³-hybridized carbons (Fsp3) is 0.800. The quantitative estimate of drug-likeness (QED) is 0.570. The lowest BCUT2D eigenvalue weighted by atomic mass is 10.3. The molecule has 0 saturated carbocycles. The van der Waals surface area contributed by atoms with Crippen molar-refractivity contribution < 1.29 is 9.90 Å². The lowest BCUT2D eigenvalue weighted by molar-refractivity contribution is -0.122. The van der Waals surface area contributed by atoms with Crippen LogP contribution in [0.25, 0.3) is 0 Å². The Labute approximate surface area is 90.7 Å². The number of rotatable bonds is 7. The highest BCUT2D eigenvalue weighted by atomic mass is 16.3. The fourth-order valence-electron chi connectivity index (χ4n) is 1.15. The number of hydrogen-bond acceptors (Lipinski definition) is 4. The largest absolute Gasteiger partial charge is 0.395 e. The number of aliphatic hydroxyl groups is 1. The van der Waals surface area contributed by atoms with Crippen molar-refractivity contribution in [2.45, 2.75) is 26.3 Å². The third-order valence-corrected chi connectivity index (χ3v) is 2.02. The molecule has 0 aromatic rings. The van der Waals surface area contributed by atoms with Gasteiger partial charge in [0.2, 0.25) is 5.91 Å². The normalized spacial score (nSPS) is 10.4. The average molecular weight is 213 g/mol. The summed E-state index contributed by atoms with van der Waals surface area (Å²) in [6.07, 6.45) is 0.327. The first-order chi connectivity index (χ1) is 7.11. The maximum Gasteiger partial charge on any atom is 0.234 e. The van der Waals surface area contributed by atoms with Crippen molar-refractivity contribution >= 4 is 5.91 Å². The second kappa shape index (κ2) is 8.21. The lowest BCUT2D eigenvalue weighted by Gasteiger charge is -2.24. The smallest absolute Gasteiger partial charge is 0.234 e. The molecule has 1 amide bonds. The zero-order valence-corrected chi connectivity index (χ0v) is 9.36. The summed E-state index contributed by atoms with van der Waals surface area (Å²) in [6.45, 7) is 5.13. The minimum atomic E-state index is -0.104. The Kier molecular flexibility index (Phi) is 7.60. The van der Waals surface area contributed by atoms with Crippen LogP contribution in [0.15, 0.2) is 0 Å². The zero-order chi connectivity index (χ0) is 11.7. The molecule has 0 heterocycles. The average Bonchev–Trinajstić information content (AvgIpc) is 2.17. The molecule has 0 atom stereocenters. The molecule has 5 heteroatoms. The van der Waals surface area contributed by atoms with Gasteiger partial charge in [-0.1, -0.05) is 0 Å². The van der Waals surface area contributed by atoms with Crippen molar-refractivity contribution in [1.29, 1.82) is 5.26 Å². The van der Waals surface area contributed by atoms with Gasteiger partial charge >= 0.3 is 0 Å². The molecule has 0 aliphatic rings. The van der Waals surface area contributed by atoms with Gasteiger partial charge in [-0.2, -0.15) is 5.26 Å². The minimum Gasteiger partial charge on any atom is -0.395 e. The Hall–Kier alpha value is -1.12. The van der Waals surface area contributed by atoms with E-state index < -0.39 is 0 Å². The number of nitrogens with zero attached hydrogens (tertiary/aromatic N) is 2. The van der Waals surface area contributed by atoms with Gasteiger partial charge in [-0.15, -0.1) is 0 Å². The molecule has 0 fully saturated rings. The number of carbonyl (C=O) groups excluding carboxylic acids is 1. The third-order valence-electron chi connectivity index (χ3n) is 2.02. The van der Waals surface area contributed by atoms with E-state index >= 15 is 0 Å². The summed E-state index contributed by atoms with van der Waals surface area (Å²) in [7, 11) is 0. The van der Waals surface area contributed by atoms with E-state index in [-0.39, 0.29) is 25.1 Å². The third kappa shape index (κ3) is 6.89. The first kappa shape index (κ1) is 13.9. The molecule has 5 nitrogen and oxygen atoms in total. The first-order valence-corrected chi connectivity index (χ1v) is 5.10. The summed E-state index contributed by atoms with van der Waals surface area (Å²) >= 11 is 0. The standard InChI is InChI=1S/C10H19N3O2/c1-9(2)13(6-7-14)8-10(15)12-5-3-4-11/h9,14H,3,5-8H2,1-2H3,(H,12,15). The van der Waals surface area contributed by atoms with Gasteiger partial charge in [0.15, 0.2) is 0 Å². The number of nitrogens with one attached hydrogen (secondary N) is 1. The molecular weight excluding hydrogens is 194 g/mol. The Bertz CT molecular complexity index is 223. The van der Waals surface area contributed by atoms with E-state index in [4.69, 9.17) is 10.4 Å². The highest BCUT2D eigenvalue weighted by molar-refractivity contribution is 5.78. The summed E-state index contributed by atoms with van der Waals surface area (Å²) in [5.41, 5.74) is 0. The van der Waals surface area contributed by atoms with Crippen LogP contribution in [0.2, 0.25) is 0 Å². The van der Waals surface area contributed by atoms with Gasteiger partial charge in [0.25, 0.3) is 0 Å². The fourth-order valence-corrected chi connectivity index (χ4v) is 1.15. The first-order valence-electron chi connectivity index (χ1n) is 5.10. The van der Waals surface area contributed by atoms with Crippen LogP contribution in [0.1, 0.15) is 20.3 Å². The molecule has 0 rings (SSSR count). The van der Waals surface area contributed by atoms with Gasteiger partial charge in [-0.3, -0.25) is 9.69 Å². The molecule has 0 aromatic heterocycles. The summed E-state index contributed by atoms with van der Waals surface area (Å²) in [5.74, 6) is -0.104. The van der Waals surface area contributed by atoms with Crippen molar-refractivity contribution in [3.05, 3.63) is 0 Å². The van der Waals surface area contributed by atoms with Crippen LogP contribution in [-0.4, -0.2) is 48.2 Å². The van der Waals surface area contributed by atoms with E-state index in [0.717, 1.165) is 0 Å². The molecule has 86 valence electrons. The highest BCUT2D eigenvalue weighted by Crippen LogP contribution is 1.96. The van der Waals surface area contributed by atoms with Crippen LogP contribution in [0, 0.1) is 11.3 Å². The van der Waals surface area contributed by atoms with Crippen LogP contribution in [0.3, 0.4) is 0 Å². The zero-order valence-electron chi connectivity index (χ0n) is 9.36. The minimum absolute atomic E-state index is 0.0453. The molecular formula is C10H19N3O2. The lowest BCUT2D eigenvalue weighted by Crippen LogP contribution is -2.42. The Morgan fingerprint density at radius 1 is 1.60 bits per heavy atom. The molecule has 0 aliphatic carbocycles. The van der Waals surface area contributed by atoms with Gasteiger partial charge in [-0.05, 0) is 13.8 Å². The summed E-state index contributed by atoms with van der Waals surface area (Å²) in [5, 5.41) is 19.7. The predicted octanol–water partition coefficient (Wildman–Crippen LogP) is -0.281. The van der Waals surface area contributed by atoms with Crippen LogP contribution in [0.5, 0.6) is 0 Å². The Balaban J connectivity index is 3.85. The second-order valence-electron chi connectivity index (χ2n) is 3.55. The number of nitriles is 1. The van der Waals surface area contributed by atoms with Crippen molar-refractivity contribution in [3.8, 4) is 6.07 Å². The number of carbonyl (C=O) groups is 1. The number of amides is 1.